The monoisotopic (exact) mass is 563 g/mol. The number of aliphatic imine (C=N–C) groups is 1. The topological polar surface area (TPSA) is 87.7 Å². The van der Waals surface area contributed by atoms with Crippen LogP contribution in [-0.4, -0.2) is 102 Å². The first-order chi connectivity index (χ1) is 15.2. The standard InChI is InChI=1S/C22H37N5O4.HI/c1-23-22(25-17-19-6-4-7-20(16-19)31-14-5-13-29-2)27-11-9-26(10-12-27)18-21(28)24-8-15-30-3;/h4,6-7,16H,5,8-15,17-18H2,1-3H3,(H,23,25)(H,24,28);1H. The van der Waals surface area contributed by atoms with Crippen LogP contribution in [0.15, 0.2) is 29.3 Å². The highest BCUT2D eigenvalue weighted by Crippen LogP contribution is 2.14. The molecule has 1 aromatic rings. The summed E-state index contributed by atoms with van der Waals surface area (Å²) < 4.78 is 15.8. The maximum absolute atomic E-state index is 12.0. The zero-order valence-electron chi connectivity index (χ0n) is 19.5. The van der Waals surface area contributed by atoms with Gasteiger partial charge in [0.05, 0.1) is 19.8 Å². The Morgan fingerprint density at radius 3 is 2.50 bits per heavy atom. The molecule has 1 amide bonds. The van der Waals surface area contributed by atoms with Gasteiger partial charge in [-0.25, -0.2) is 0 Å². The van der Waals surface area contributed by atoms with Crippen LogP contribution in [-0.2, 0) is 20.8 Å². The van der Waals surface area contributed by atoms with E-state index in [0.29, 0.717) is 39.5 Å². The number of ether oxygens (including phenoxy) is 3. The number of hydrogen-bond donors (Lipinski definition) is 2. The number of halogens is 1. The van der Waals surface area contributed by atoms with Crippen LogP contribution in [0, 0.1) is 0 Å². The van der Waals surface area contributed by atoms with Crippen molar-refractivity contribution in [2.75, 3.05) is 80.4 Å². The SMILES string of the molecule is CN=C(NCc1cccc(OCCCOC)c1)N1CCN(CC(=O)NCCOC)CC1.I. The predicted molar refractivity (Wildman–Crippen MR) is 137 cm³/mol. The van der Waals surface area contributed by atoms with E-state index in [1.165, 1.54) is 0 Å². The second kappa shape index (κ2) is 16.9. The molecule has 1 heterocycles. The van der Waals surface area contributed by atoms with E-state index in [1.807, 2.05) is 18.2 Å². The van der Waals surface area contributed by atoms with Gasteiger partial charge in [0, 0.05) is 73.6 Å². The van der Waals surface area contributed by atoms with Crippen molar-refractivity contribution in [3.63, 3.8) is 0 Å². The molecular weight excluding hydrogens is 525 g/mol. The molecule has 0 saturated carbocycles. The van der Waals surface area contributed by atoms with Gasteiger partial charge in [-0.2, -0.15) is 0 Å². The highest BCUT2D eigenvalue weighted by Gasteiger charge is 2.21. The molecule has 1 saturated heterocycles. The van der Waals surface area contributed by atoms with Crippen molar-refractivity contribution in [1.82, 2.24) is 20.4 Å². The maximum atomic E-state index is 12.0. The van der Waals surface area contributed by atoms with E-state index in [1.54, 1.807) is 21.3 Å². The quantitative estimate of drug-likeness (QED) is 0.171. The van der Waals surface area contributed by atoms with Crippen LogP contribution in [0.4, 0.5) is 0 Å². The molecule has 0 aromatic heterocycles. The number of carbonyl (C=O) groups is 1. The first-order valence-corrected chi connectivity index (χ1v) is 10.8. The fraction of sp³-hybridized carbons (Fsp3) is 0.636. The number of hydrogen-bond acceptors (Lipinski definition) is 6. The molecule has 0 radical (unpaired) electrons. The van der Waals surface area contributed by atoms with Crippen LogP contribution in [0.2, 0.25) is 0 Å². The van der Waals surface area contributed by atoms with Crippen molar-refractivity contribution in [1.29, 1.82) is 0 Å². The molecule has 1 aromatic carbocycles. The molecule has 182 valence electrons. The van der Waals surface area contributed by atoms with Gasteiger partial charge in [-0.05, 0) is 17.7 Å². The van der Waals surface area contributed by atoms with E-state index < -0.39 is 0 Å². The molecule has 1 fully saturated rings. The highest BCUT2D eigenvalue weighted by molar-refractivity contribution is 14.0. The van der Waals surface area contributed by atoms with Gasteiger partial charge in [0.2, 0.25) is 5.91 Å². The fourth-order valence-electron chi connectivity index (χ4n) is 3.32. The number of methoxy groups -OCH3 is 2. The van der Waals surface area contributed by atoms with Crippen molar-refractivity contribution < 1.29 is 19.0 Å². The van der Waals surface area contributed by atoms with Crippen LogP contribution in [0.1, 0.15) is 12.0 Å². The zero-order chi connectivity index (χ0) is 22.3. The number of piperazine rings is 1. The number of guanidine groups is 1. The Morgan fingerprint density at radius 1 is 1.06 bits per heavy atom. The Balaban J connectivity index is 0.00000512. The van der Waals surface area contributed by atoms with Crippen molar-refractivity contribution in [3.8, 4) is 5.75 Å². The Morgan fingerprint density at radius 2 is 1.81 bits per heavy atom. The first kappa shape index (κ1) is 28.4. The minimum Gasteiger partial charge on any atom is -0.493 e. The van der Waals surface area contributed by atoms with Gasteiger partial charge in [0.15, 0.2) is 5.96 Å². The Hall–Kier alpha value is -1.63. The summed E-state index contributed by atoms with van der Waals surface area (Å²) in [5.74, 6) is 1.77. The van der Waals surface area contributed by atoms with E-state index in [0.717, 1.165) is 49.9 Å². The van der Waals surface area contributed by atoms with Crippen LogP contribution >= 0.6 is 24.0 Å². The van der Waals surface area contributed by atoms with Crippen molar-refractivity contribution in [3.05, 3.63) is 29.8 Å². The third kappa shape index (κ3) is 10.8. The van der Waals surface area contributed by atoms with E-state index >= 15 is 0 Å². The van der Waals surface area contributed by atoms with E-state index in [9.17, 15) is 4.79 Å². The third-order valence-corrected chi connectivity index (χ3v) is 4.99. The lowest BCUT2D eigenvalue weighted by atomic mass is 10.2. The number of amides is 1. The number of nitrogens with zero attached hydrogens (tertiary/aromatic N) is 3. The van der Waals surface area contributed by atoms with Crippen LogP contribution in [0.25, 0.3) is 0 Å². The van der Waals surface area contributed by atoms with Gasteiger partial charge in [-0.3, -0.25) is 14.7 Å². The number of rotatable bonds is 12. The van der Waals surface area contributed by atoms with Gasteiger partial charge in [-0.1, -0.05) is 12.1 Å². The normalized spacial score (nSPS) is 14.6. The van der Waals surface area contributed by atoms with Crippen LogP contribution in [0.3, 0.4) is 0 Å². The molecule has 0 spiro atoms. The van der Waals surface area contributed by atoms with Gasteiger partial charge >= 0.3 is 0 Å². The predicted octanol–water partition coefficient (Wildman–Crippen LogP) is 1.18. The molecule has 0 unspecified atom stereocenters. The lowest BCUT2D eigenvalue weighted by Crippen LogP contribution is -2.54. The Kier molecular flexibility index (Phi) is 15.0. The fourth-order valence-corrected chi connectivity index (χ4v) is 3.32. The molecule has 2 rings (SSSR count). The van der Waals surface area contributed by atoms with Gasteiger partial charge in [0.25, 0.3) is 0 Å². The summed E-state index contributed by atoms with van der Waals surface area (Å²) in [6.07, 6.45) is 0.867. The zero-order valence-corrected chi connectivity index (χ0v) is 21.8. The molecule has 2 N–H and O–H groups in total. The largest absolute Gasteiger partial charge is 0.493 e. The summed E-state index contributed by atoms with van der Waals surface area (Å²) in [5, 5.41) is 6.30. The molecule has 1 aliphatic heterocycles. The summed E-state index contributed by atoms with van der Waals surface area (Å²) in [4.78, 5) is 20.8. The second-order valence-corrected chi connectivity index (χ2v) is 7.35. The van der Waals surface area contributed by atoms with Crippen LogP contribution in [0.5, 0.6) is 5.75 Å². The molecule has 9 nitrogen and oxygen atoms in total. The number of benzene rings is 1. The third-order valence-electron chi connectivity index (χ3n) is 4.99. The lowest BCUT2D eigenvalue weighted by Gasteiger charge is -2.36. The molecule has 0 atom stereocenters. The van der Waals surface area contributed by atoms with Crippen molar-refractivity contribution >= 4 is 35.8 Å². The minimum atomic E-state index is 0. The summed E-state index contributed by atoms with van der Waals surface area (Å²) in [6.45, 7) is 6.80. The molecular formula is C22H38IN5O4. The molecule has 0 aliphatic carbocycles. The van der Waals surface area contributed by atoms with Crippen molar-refractivity contribution in [2.24, 2.45) is 4.99 Å². The van der Waals surface area contributed by atoms with E-state index in [2.05, 4.69) is 31.5 Å². The second-order valence-electron chi connectivity index (χ2n) is 7.35. The molecule has 10 heteroatoms. The Bertz CT molecular complexity index is 684. The minimum absolute atomic E-state index is 0. The highest BCUT2D eigenvalue weighted by atomic mass is 127. The summed E-state index contributed by atoms with van der Waals surface area (Å²) >= 11 is 0. The Labute approximate surface area is 208 Å². The summed E-state index contributed by atoms with van der Waals surface area (Å²) in [6, 6.07) is 8.09. The van der Waals surface area contributed by atoms with Crippen LogP contribution < -0.4 is 15.4 Å². The number of carbonyl (C=O) groups excluding carboxylic acids is 1. The molecule has 0 bridgehead atoms. The maximum Gasteiger partial charge on any atom is 0.234 e. The number of nitrogens with one attached hydrogen (secondary N) is 2. The van der Waals surface area contributed by atoms with Gasteiger partial charge in [0.1, 0.15) is 5.75 Å². The summed E-state index contributed by atoms with van der Waals surface area (Å²) in [5.41, 5.74) is 1.14. The van der Waals surface area contributed by atoms with Crippen molar-refractivity contribution in [2.45, 2.75) is 13.0 Å². The van der Waals surface area contributed by atoms with Gasteiger partial charge in [-0.15, -0.1) is 24.0 Å². The average molecular weight is 563 g/mol. The first-order valence-electron chi connectivity index (χ1n) is 10.8. The van der Waals surface area contributed by atoms with E-state index in [4.69, 9.17) is 14.2 Å². The van der Waals surface area contributed by atoms with E-state index in [-0.39, 0.29) is 29.9 Å². The smallest absolute Gasteiger partial charge is 0.234 e. The molecule has 32 heavy (non-hydrogen) atoms. The average Bonchev–Trinajstić information content (AvgIpc) is 2.79. The lowest BCUT2D eigenvalue weighted by molar-refractivity contribution is -0.122. The molecule has 1 aliphatic rings. The summed E-state index contributed by atoms with van der Waals surface area (Å²) in [7, 11) is 5.12. The van der Waals surface area contributed by atoms with Gasteiger partial charge < -0.3 is 29.7 Å².